The van der Waals surface area contributed by atoms with Crippen LogP contribution >= 0.6 is 0 Å². The van der Waals surface area contributed by atoms with Crippen LogP contribution in [0.3, 0.4) is 0 Å². The Morgan fingerprint density at radius 3 is 2.75 bits per heavy atom. The molecule has 1 unspecified atom stereocenters. The van der Waals surface area contributed by atoms with Crippen LogP contribution < -0.4 is 0 Å². The molecule has 0 N–H and O–H groups in total. The number of benzene rings is 1. The van der Waals surface area contributed by atoms with E-state index in [1.165, 1.54) is 6.92 Å². The van der Waals surface area contributed by atoms with Crippen molar-refractivity contribution in [3.8, 4) is 0 Å². The minimum Gasteiger partial charge on any atom is -0.464 e. The zero-order valence-electron chi connectivity index (χ0n) is 8.44. The van der Waals surface area contributed by atoms with Crippen LogP contribution in [0, 0.1) is 16.5 Å². The first kappa shape index (κ1) is 12.2. The molecule has 0 aromatic heterocycles. The van der Waals surface area contributed by atoms with E-state index in [1.807, 2.05) is 0 Å². The Morgan fingerprint density at radius 2 is 2.19 bits per heavy atom. The van der Waals surface area contributed by atoms with Crippen molar-refractivity contribution in [1.82, 2.24) is 0 Å². The molecule has 16 heavy (non-hydrogen) atoms. The fraction of sp³-hybridized carbons (Fsp3) is 0.300. The summed E-state index contributed by atoms with van der Waals surface area (Å²) in [4.78, 5) is 21.7. The van der Waals surface area contributed by atoms with Gasteiger partial charge in [-0.2, -0.15) is 0 Å². The van der Waals surface area contributed by atoms with Crippen molar-refractivity contribution in [1.29, 1.82) is 0 Å². The van der Waals surface area contributed by atoms with Gasteiger partial charge in [0.1, 0.15) is 11.6 Å². The largest absolute Gasteiger partial charge is 0.464 e. The van der Waals surface area contributed by atoms with Crippen LogP contribution in [0.25, 0.3) is 0 Å². The van der Waals surface area contributed by atoms with E-state index in [4.69, 9.17) is 0 Å². The van der Waals surface area contributed by atoms with Gasteiger partial charge < -0.3 is 4.74 Å². The van der Waals surface area contributed by atoms with Crippen LogP contribution in [0.1, 0.15) is 18.5 Å². The molecule has 0 heterocycles. The van der Waals surface area contributed by atoms with E-state index in [0.29, 0.717) is 0 Å². The minimum atomic E-state index is -1.67. The predicted molar refractivity (Wildman–Crippen MR) is 51.5 cm³/mol. The number of halogens is 2. The Hall–Kier alpha value is -1.85. The van der Waals surface area contributed by atoms with E-state index in [0.717, 1.165) is 18.2 Å². The number of nitroso groups, excluding NO2 is 1. The molecule has 1 rings (SSSR count). The minimum absolute atomic E-state index is 0.0296. The van der Waals surface area contributed by atoms with Gasteiger partial charge in [0, 0.05) is 5.56 Å². The number of nitrogens with zero attached hydrogens (tertiary/aromatic N) is 1. The molecule has 0 saturated carbocycles. The zero-order valence-corrected chi connectivity index (χ0v) is 8.44. The lowest BCUT2D eigenvalue weighted by molar-refractivity contribution is -0.144. The molecular weight excluding hydrogens is 220 g/mol. The highest BCUT2D eigenvalue weighted by atomic mass is 19.1. The molecule has 0 fully saturated rings. The van der Waals surface area contributed by atoms with Crippen molar-refractivity contribution >= 4 is 5.97 Å². The summed E-state index contributed by atoms with van der Waals surface area (Å²) in [5.41, 5.74) is -0.423. The maximum atomic E-state index is 13.2. The third kappa shape index (κ3) is 2.59. The molecule has 0 amide bonds. The molecule has 0 aliphatic heterocycles. The van der Waals surface area contributed by atoms with E-state index in [2.05, 4.69) is 9.91 Å². The van der Waals surface area contributed by atoms with Crippen molar-refractivity contribution in [3.05, 3.63) is 40.3 Å². The molecule has 0 saturated heterocycles. The quantitative estimate of drug-likeness (QED) is 0.588. The van der Waals surface area contributed by atoms with E-state index >= 15 is 0 Å². The summed E-state index contributed by atoms with van der Waals surface area (Å²) in [6.07, 6.45) is 0. The summed E-state index contributed by atoms with van der Waals surface area (Å²) in [5.74, 6) is -2.63. The molecule has 0 radical (unpaired) electrons. The average Bonchev–Trinajstić information content (AvgIpc) is 2.24. The number of hydrogen-bond acceptors (Lipinski definition) is 4. The number of carbonyl (C=O) groups is 1. The molecule has 0 aliphatic carbocycles. The maximum Gasteiger partial charge on any atom is 0.339 e. The zero-order chi connectivity index (χ0) is 12.1. The highest BCUT2D eigenvalue weighted by Crippen LogP contribution is 2.22. The van der Waals surface area contributed by atoms with Crippen molar-refractivity contribution in [2.75, 3.05) is 6.61 Å². The Bertz CT molecular complexity index is 409. The smallest absolute Gasteiger partial charge is 0.339 e. The Kier molecular flexibility index (Phi) is 4.04. The normalized spacial score (nSPS) is 11.9. The molecule has 4 nitrogen and oxygen atoms in total. The first-order valence-corrected chi connectivity index (χ1v) is 4.54. The molecule has 0 aliphatic rings. The van der Waals surface area contributed by atoms with Crippen LogP contribution in [-0.2, 0) is 9.53 Å². The Morgan fingerprint density at radius 1 is 1.50 bits per heavy atom. The van der Waals surface area contributed by atoms with Gasteiger partial charge in [0.2, 0.25) is 6.04 Å². The highest BCUT2D eigenvalue weighted by Gasteiger charge is 2.26. The first-order chi connectivity index (χ1) is 7.60. The highest BCUT2D eigenvalue weighted by molar-refractivity contribution is 5.77. The molecule has 6 heteroatoms. The number of carbonyl (C=O) groups excluding carboxylic acids is 1. The summed E-state index contributed by atoms with van der Waals surface area (Å²) in [7, 11) is 0. The van der Waals surface area contributed by atoms with Crippen LogP contribution in [-0.4, -0.2) is 12.6 Å². The van der Waals surface area contributed by atoms with Crippen molar-refractivity contribution in [2.45, 2.75) is 13.0 Å². The summed E-state index contributed by atoms with van der Waals surface area (Å²) >= 11 is 0. The summed E-state index contributed by atoms with van der Waals surface area (Å²) < 4.78 is 30.6. The molecule has 1 aromatic carbocycles. The second-order valence-corrected chi connectivity index (χ2v) is 2.93. The van der Waals surface area contributed by atoms with Gasteiger partial charge in [0.15, 0.2) is 0 Å². The van der Waals surface area contributed by atoms with Gasteiger partial charge in [-0.1, -0.05) is 0 Å². The van der Waals surface area contributed by atoms with Crippen molar-refractivity contribution < 1.29 is 18.3 Å². The maximum absolute atomic E-state index is 13.2. The third-order valence-electron chi connectivity index (χ3n) is 1.87. The van der Waals surface area contributed by atoms with E-state index < -0.39 is 29.2 Å². The van der Waals surface area contributed by atoms with Gasteiger partial charge in [-0.3, -0.25) is 0 Å². The summed E-state index contributed by atoms with van der Waals surface area (Å²) in [5, 5.41) is 2.45. The first-order valence-electron chi connectivity index (χ1n) is 4.54. The predicted octanol–water partition coefficient (Wildman–Crippen LogP) is 2.34. The molecule has 0 bridgehead atoms. The summed E-state index contributed by atoms with van der Waals surface area (Å²) in [6.45, 7) is 1.56. The van der Waals surface area contributed by atoms with Crippen LogP contribution in [0.2, 0.25) is 0 Å². The number of hydrogen-bond donors (Lipinski definition) is 0. The lowest BCUT2D eigenvalue weighted by atomic mass is 10.1. The fourth-order valence-electron chi connectivity index (χ4n) is 1.17. The topological polar surface area (TPSA) is 55.7 Å². The van der Waals surface area contributed by atoms with E-state index in [9.17, 15) is 18.5 Å². The number of ether oxygens (including phenoxy) is 1. The van der Waals surface area contributed by atoms with Crippen molar-refractivity contribution in [3.63, 3.8) is 0 Å². The van der Waals surface area contributed by atoms with Crippen molar-refractivity contribution in [2.24, 2.45) is 5.18 Å². The van der Waals surface area contributed by atoms with Crippen LogP contribution in [0.4, 0.5) is 8.78 Å². The van der Waals surface area contributed by atoms with Crippen LogP contribution in [0.15, 0.2) is 23.4 Å². The molecule has 0 spiro atoms. The number of rotatable bonds is 4. The van der Waals surface area contributed by atoms with E-state index in [-0.39, 0.29) is 6.61 Å². The molecular formula is C10H9F2NO3. The van der Waals surface area contributed by atoms with Gasteiger partial charge in [-0.25, -0.2) is 13.6 Å². The van der Waals surface area contributed by atoms with Crippen LogP contribution in [0.5, 0.6) is 0 Å². The lowest BCUT2D eigenvalue weighted by Gasteiger charge is -2.09. The van der Waals surface area contributed by atoms with Gasteiger partial charge >= 0.3 is 5.97 Å². The molecule has 86 valence electrons. The molecule has 1 aromatic rings. The average molecular weight is 229 g/mol. The SMILES string of the molecule is CCOC(=O)C(N=O)c1cc(F)ccc1F. The fourth-order valence-corrected chi connectivity index (χ4v) is 1.17. The standard InChI is InChI=1S/C10H9F2NO3/c1-2-16-10(14)9(13-15)7-5-6(11)3-4-8(7)12/h3-5,9H,2H2,1H3. The molecule has 1 atom stereocenters. The Labute approximate surface area is 90.2 Å². The monoisotopic (exact) mass is 229 g/mol. The lowest BCUT2D eigenvalue weighted by Crippen LogP contribution is -2.15. The van der Waals surface area contributed by atoms with E-state index in [1.54, 1.807) is 0 Å². The third-order valence-corrected chi connectivity index (χ3v) is 1.87. The Balaban J connectivity index is 3.07. The van der Waals surface area contributed by atoms with Gasteiger partial charge in [-0.15, -0.1) is 4.91 Å². The summed E-state index contributed by atoms with van der Waals surface area (Å²) in [6, 6.07) is 0.780. The second-order valence-electron chi connectivity index (χ2n) is 2.93. The second kappa shape index (κ2) is 5.29. The number of esters is 1. The van der Waals surface area contributed by atoms with Gasteiger partial charge in [0.25, 0.3) is 0 Å². The van der Waals surface area contributed by atoms with Gasteiger partial charge in [0.05, 0.1) is 6.61 Å². The van der Waals surface area contributed by atoms with Gasteiger partial charge in [-0.05, 0) is 30.3 Å².